The van der Waals surface area contributed by atoms with E-state index in [1.165, 1.54) is 5.56 Å². The third-order valence-electron chi connectivity index (χ3n) is 4.90. The molecule has 2 aromatic rings. The number of carbonyl (C=O) groups is 1. The van der Waals surface area contributed by atoms with Crippen LogP contribution >= 0.6 is 0 Å². The molecule has 0 spiro atoms. The SMILES string of the molecule is CN(C)c1ncccc1CN1CCC(c2ccc(C(N)=O)c(N)n2)CC1. The number of nitrogens with two attached hydrogens (primary N) is 2. The molecule has 1 aliphatic rings. The highest BCUT2D eigenvalue weighted by atomic mass is 16.1. The Morgan fingerprint density at radius 2 is 2.00 bits per heavy atom. The summed E-state index contributed by atoms with van der Waals surface area (Å²) >= 11 is 0. The molecular formula is C19H26N6O. The minimum Gasteiger partial charge on any atom is -0.383 e. The van der Waals surface area contributed by atoms with Gasteiger partial charge >= 0.3 is 0 Å². The number of likely N-dealkylation sites (tertiary alicyclic amines) is 1. The Bertz CT molecular complexity index is 783. The molecule has 4 N–H and O–H groups in total. The molecule has 0 saturated carbocycles. The topological polar surface area (TPSA) is 101 Å². The third-order valence-corrected chi connectivity index (χ3v) is 4.90. The highest BCUT2D eigenvalue weighted by Crippen LogP contribution is 2.29. The number of piperidine rings is 1. The molecule has 0 aromatic carbocycles. The molecule has 7 nitrogen and oxygen atoms in total. The van der Waals surface area contributed by atoms with Crippen LogP contribution in [0.1, 0.15) is 40.4 Å². The van der Waals surface area contributed by atoms with E-state index >= 15 is 0 Å². The zero-order valence-corrected chi connectivity index (χ0v) is 15.4. The van der Waals surface area contributed by atoms with Crippen molar-refractivity contribution in [2.45, 2.75) is 25.3 Å². The molecule has 0 bridgehead atoms. The summed E-state index contributed by atoms with van der Waals surface area (Å²) in [6, 6.07) is 7.69. The summed E-state index contributed by atoms with van der Waals surface area (Å²) in [4.78, 5) is 24.7. The van der Waals surface area contributed by atoms with E-state index in [1.807, 2.05) is 32.4 Å². The van der Waals surface area contributed by atoms with Gasteiger partial charge in [-0.1, -0.05) is 6.07 Å². The van der Waals surface area contributed by atoms with Gasteiger partial charge in [-0.2, -0.15) is 0 Å². The molecule has 0 radical (unpaired) electrons. The molecular weight excluding hydrogens is 328 g/mol. The summed E-state index contributed by atoms with van der Waals surface area (Å²) < 4.78 is 0. The van der Waals surface area contributed by atoms with Crippen molar-refractivity contribution in [1.82, 2.24) is 14.9 Å². The van der Waals surface area contributed by atoms with Crippen molar-refractivity contribution in [3.8, 4) is 0 Å². The molecule has 138 valence electrons. The molecule has 0 atom stereocenters. The number of amides is 1. The molecule has 2 aromatic heterocycles. The number of hydrogen-bond acceptors (Lipinski definition) is 6. The van der Waals surface area contributed by atoms with E-state index in [0.717, 1.165) is 44.0 Å². The minimum absolute atomic E-state index is 0.225. The van der Waals surface area contributed by atoms with E-state index in [9.17, 15) is 4.79 Å². The molecule has 0 unspecified atom stereocenters. The highest BCUT2D eigenvalue weighted by molar-refractivity contribution is 5.97. The Morgan fingerprint density at radius 3 is 2.62 bits per heavy atom. The second kappa shape index (κ2) is 7.70. The van der Waals surface area contributed by atoms with Gasteiger partial charge in [-0.15, -0.1) is 0 Å². The fourth-order valence-corrected chi connectivity index (χ4v) is 3.51. The summed E-state index contributed by atoms with van der Waals surface area (Å²) in [7, 11) is 4.04. The van der Waals surface area contributed by atoms with Gasteiger partial charge in [0, 0.05) is 44.0 Å². The number of hydrogen-bond donors (Lipinski definition) is 2. The normalized spacial score (nSPS) is 15.8. The first-order valence-electron chi connectivity index (χ1n) is 8.85. The predicted molar refractivity (Wildman–Crippen MR) is 103 cm³/mol. The lowest BCUT2D eigenvalue weighted by atomic mass is 9.92. The van der Waals surface area contributed by atoms with Gasteiger partial charge in [-0.05, 0) is 44.1 Å². The second-order valence-corrected chi connectivity index (χ2v) is 6.96. The van der Waals surface area contributed by atoms with Gasteiger partial charge in [0.25, 0.3) is 5.91 Å². The number of aromatic nitrogens is 2. The van der Waals surface area contributed by atoms with Crippen molar-refractivity contribution in [3.05, 3.63) is 47.3 Å². The van der Waals surface area contributed by atoms with Crippen LogP contribution in [0.15, 0.2) is 30.5 Å². The lowest BCUT2D eigenvalue weighted by Gasteiger charge is -2.32. The number of nitrogen functional groups attached to an aromatic ring is 1. The van der Waals surface area contributed by atoms with Crippen LogP contribution < -0.4 is 16.4 Å². The van der Waals surface area contributed by atoms with Crippen LogP contribution in [0.2, 0.25) is 0 Å². The van der Waals surface area contributed by atoms with Crippen LogP contribution in [0.4, 0.5) is 11.6 Å². The van der Waals surface area contributed by atoms with Crippen molar-refractivity contribution < 1.29 is 4.79 Å². The van der Waals surface area contributed by atoms with Gasteiger partial charge in [0.1, 0.15) is 11.6 Å². The van der Waals surface area contributed by atoms with Crippen LogP contribution in [-0.4, -0.2) is 48.0 Å². The van der Waals surface area contributed by atoms with Gasteiger partial charge in [0.2, 0.25) is 0 Å². The summed E-state index contributed by atoms with van der Waals surface area (Å²) in [5.74, 6) is 1.07. The summed E-state index contributed by atoms with van der Waals surface area (Å²) in [6.45, 7) is 2.88. The first kappa shape index (κ1) is 18.1. The summed E-state index contributed by atoms with van der Waals surface area (Å²) in [5, 5.41) is 0. The number of carbonyl (C=O) groups excluding carboxylic acids is 1. The lowest BCUT2D eigenvalue weighted by molar-refractivity contribution is 0.100. The number of pyridine rings is 2. The van der Waals surface area contributed by atoms with E-state index in [1.54, 1.807) is 6.07 Å². The zero-order chi connectivity index (χ0) is 18.7. The molecule has 0 aliphatic carbocycles. The molecule has 1 fully saturated rings. The van der Waals surface area contributed by atoms with E-state index in [-0.39, 0.29) is 5.82 Å². The highest BCUT2D eigenvalue weighted by Gasteiger charge is 2.23. The Labute approximate surface area is 154 Å². The second-order valence-electron chi connectivity index (χ2n) is 6.96. The molecule has 3 heterocycles. The van der Waals surface area contributed by atoms with Crippen LogP contribution in [0, 0.1) is 0 Å². The summed E-state index contributed by atoms with van der Waals surface area (Å²) in [5.41, 5.74) is 13.6. The Balaban J connectivity index is 1.63. The largest absolute Gasteiger partial charge is 0.383 e. The van der Waals surface area contributed by atoms with Crippen LogP contribution in [-0.2, 0) is 6.54 Å². The smallest absolute Gasteiger partial charge is 0.252 e. The van der Waals surface area contributed by atoms with Crippen molar-refractivity contribution in [3.63, 3.8) is 0 Å². The first-order valence-corrected chi connectivity index (χ1v) is 8.85. The average molecular weight is 354 g/mol. The van der Waals surface area contributed by atoms with Crippen molar-refractivity contribution in [1.29, 1.82) is 0 Å². The minimum atomic E-state index is -0.537. The Hall–Kier alpha value is -2.67. The average Bonchev–Trinajstić information content (AvgIpc) is 2.62. The van der Waals surface area contributed by atoms with Gasteiger partial charge in [0.05, 0.1) is 5.56 Å². The van der Waals surface area contributed by atoms with Crippen molar-refractivity contribution in [2.24, 2.45) is 5.73 Å². The number of rotatable bonds is 5. The van der Waals surface area contributed by atoms with E-state index in [2.05, 4.69) is 25.8 Å². The fraction of sp³-hybridized carbons (Fsp3) is 0.421. The zero-order valence-electron chi connectivity index (χ0n) is 15.4. The first-order chi connectivity index (χ1) is 12.5. The molecule has 7 heteroatoms. The maximum Gasteiger partial charge on any atom is 0.252 e. The standard InChI is InChI=1S/C19H26N6O/c1-24(2)19-14(4-3-9-22-19)12-25-10-7-13(8-11-25)16-6-5-15(18(21)26)17(20)23-16/h3-6,9,13H,7-8,10-12H2,1-2H3,(H2,20,23)(H2,21,26). The van der Waals surface area contributed by atoms with Gasteiger partial charge < -0.3 is 16.4 Å². The fourth-order valence-electron chi connectivity index (χ4n) is 3.51. The summed E-state index contributed by atoms with van der Waals surface area (Å²) in [6.07, 6.45) is 3.86. The number of primary amides is 1. The maximum atomic E-state index is 11.3. The van der Waals surface area contributed by atoms with E-state index in [4.69, 9.17) is 11.5 Å². The van der Waals surface area contributed by atoms with Crippen molar-refractivity contribution >= 4 is 17.5 Å². The molecule has 1 aliphatic heterocycles. The monoisotopic (exact) mass is 354 g/mol. The maximum absolute atomic E-state index is 11.3. The molecule has 26 heavy (non-hydrogen) atoms. The molecule has 3 rings (SSSR count). The quantitative estimate of drug-likeness (QED) is 0.846. The molecule has 1 saturated heterocycles. The van der Waals surface area contributed by atoms with E-state index < -0.39 is 5.91 Å². The predicted octanol–water partition coefficient (Wildman–Crippen LogP) is 1.60. The molecule has 1 amide bonds. The number of anilines is 2. The van der Waals surface area contributed by atoms with Crippen LogP contribution in [0.5, 0.6) is 0 Å². The van der Waals surface area contributed by atoms with Gasteiger partial charge in [-0.3, -0.25) is 9.69 Å². The van der Waals surface area contributed by atoms with Crippen LogP contribution in [0.3, 0.4) is 0 Å². The van der Waals surface area contributed by atoms with E-state index in [0.29, 0.717) is 11.5 Å². The Kier molecular flexibility index (Phi) is 5.37. The van der Waals surface area contributed by atoms with Crippen LogP contribution in [0.25, 0.3) is 0 Å². The number of nitrogens with zero attached hydrogens (tertiary/aromatic N) is 4. The Morgan fingerprint density at radius 1 is 1.27 bits per heavy atom. The lowest BCUT2D eigenvalue weighted by Crippen LogP contribution is -2.33. The van der Waals surface area contributed by atoms with Crippen molar-refractivity contribution in [2.75, 3.05) is 37.8 Å². The van der Waals surface area contributed by atoms with Gasteiger partial charge in [0.15, 0.2) is 0 Å². The van der Waals surface area contributed by atoms with Gasteiger partial charge in [-0.25, -0.2) is 9.97 Å². The third kappa shape index (κ3) is 3.94.